The number of benzene rings is 2. The molecule has 0 aliphatic rings. The van der Waals surface area contributed by atoms with Crippen molar-refractivity contribution in [3.05, 3.63) is 63.6 Å². The molecule has 2 aromatic rings. The number of hydrogen-bond donors (Lipinski definition) is 1. The number of para-hydroxylation sites is 1. The van der Waals surface area contributed by atoms with Crippen LogP contribution < -0.4 is 10.2 Å². The van der Waals surface area contributed by atoms with Gasteiger partial charge in [0, 0.05) is 30.3 Å². The Labute approximate surface area is 136 Å². The Balaban J connectivity index is 2.11. The number of hydrogen-bond acceptors (Lipinski definition) is 2. The predicted molar refractivity (Wildman–Crippen MR) is 94.8 cm³/mol. The highest BCUT2D eigenvalue weighted by molar-refractivity contribution is 9.10. The Hall–Kier alpha value is -1.32. The van der Waals surface area contributed by atoms with E-state index in [1.54, 1.807) is 0 Å². The van der Waals surface area contributed by atoms with Crippen LogP contribution in [0.1, 0.15) is 23.6 Å². The van der Waals surface area contributed by atoms with Crippen LogP contribution in [-0.4, -0.2) is 13.6 Å². The molecule has 0 amide bonds. The maximum atomic E-state index is 3.70. The van der Waals surface area contributed by atoms with Gasteiger partial charge in [0.25, 0.3) is 0 Å². The highest BCUT2D eigenvalue weighted by atomic mass is 79.9. The Morgan fingerprint density at radius 1 is 1.14 bits per heavy atom. The minimum Gasteiger partial charge on any atom is -0.370 e. The maximum Gasteiger partial charge on any atom is 0.0437 e. The quantitative estimate of drug-likeness (QED) is 0.828. The van der Waals surface area contributed by atoms with Crippen molar-refractivity contribution in [3.8, 4) is 0 Å². The lowest BCUT2D eigenvalue weighted by atomic mass is 10.1. The lowest BCUT2D eigenvalue weighted by molar-refractivity contribution is 0.726. The minimum absolute atomic E-state index is 0.896. The molecule has 0 unspecified atom stereocenters. The number of aryl methyl sites for hydroxylation is 1. The van der Waals surface area contributed by atoms with Gasteiger partial charge in [-0.05, 0) is 42.3 Å². The molecule has 0 aliphatic carbocycles. The van der Waals surface area contributed by atoms with Gasteiger partial charge < -0.3 is 10.2 Å². The average Bonchev–Trinajstić information content (AvgIpc) is 2.48. The molecule has 112 valence electrons. The van der Waals surface area contributed by atoms with Crippen LogP contribution in [0.3, 0.4) is 0 Å². The van der Waals surface area contributed by atoms with Crippen LogP contribution in [0.25, 0.3) is 0 Å². The third-order valence-electron chi connectivity index (χ3n) is 3.63. The van der Waals surface area contributed by atoms with Gasteiger partial charge in [-0.2, -0.15) is 0 Å². The molecule has 0 atom stereocenters. The summed E-state index contributed by atoms with van der Waals surface area (Å²) in [7, 11) is 2.14. The molecule has 0 aliphatic heterocycles. The van der Waals surface area contributed by atoms with Gasteiger partial charge in [0.2, 0.25) is 0 Å². The zero-order chi connectivity index (χ0) is 15.2. The second-order valence-electron chi connectivity index (χ2n) is 5.35. The highest BCUT2D eigenvalue weighted by Gasteiger charge is 2.08. The van der Waals surface area contributed by atoms with Gasteiger partial charge in [-0.3, -0.25) is 0 Å². The van der Waals surface area contributed by atoms with Crippen molar-refractivity contribution in [1.82, 2.24) is 5.32 Å². The molecule has 0 saturated carbocycles. The molecule has 21 heavy (non-hydrogen) atoms. The average molecular weight is 347 g/mol. The van der Waals surface area contributed by atoms with E-state index in [-0.39, 0.29) is 0 Å². The Morgan fingerprint density at radius 2 is 1.90 bits per heavy atom. The normalized spacial score (nSPS) is 10.7. The smallest absolute Gasteiger partial charge is 0.0437 e. The van der Waals surface area contributed by atoms with Gasteiger partial charge in [-0.1, -0.05) is 53.2 Å². The van der Waals surface area contributed by atoms with E-state index in [0.29, 0.717) is 0 Å². The van der Waals surface area contributed by atoms with Crippen molar-refractivity contribution in [1.29, 1.82) is 0 Å². The topological polar surface area (TPSA) is 15.3 Å². The molecule has 2 aromatic carbocycles. The fourth-order valence-corrected chi connectivity index (χ4v) is 2.98. The van der Waals surface area contributed by atoms with Gasteiger partial charge in [0.1, 0.15) is 0 Å². The summed E-state index contributed by atoms with van der Waals surface area (Å²) in [5, 5.41) is 3.35. The standard InChI is InChI=1S/C18H23BrN2/c1-4-20-12-15-9-10-16(17(19)11-15)13-21(3)18-8-6-5-7-14(18)2/h5-11,20H,4,12-13H2,1-3H3. The van der Waals surface area contributed by atoms with Gasteiger partial charge in [0.15, 0.2) is 0 Å². The van der Waals surface area contributed by atoms with Crippen molar-refractivity contribution in [2.75, 3.05) is 18.5 Å². The van der Waals surface area contributed by atoms with E-state index in [9.17, 15) is 0 Å². The molecule has 0 spiro atoms. The van der Waals surface area contributed by atoms with Crippen LogP contribution in [0.2, 0.25) is 0 Å². The Morgan fingerprint density at radius 3 is 2.57 bits per heavy atom. The first kappa shape index (κ1) is 16.1. The number of nitrogens with zero attached hydrogens (tertiary/aromatic N) is 1. The van der Waals surface area contributed by atoms with Crippen LogP contribution >= 0.6 is 15.9 Å². The molecular formula is C18H23BrN2. The zero-order valence-corrected chi connectivity index (χ0v) is 14.6. The van der Waals surface area contributed by atoms with E-state index in [4.69, 9.17) is 0 Å². The summed E-state index contributed by atoms with van der Waals surface area (Å²) in [6.07, 6.45) is 0. The lowest BCUT2D eigenvalue weighted by Gasteiger charge is -2.22. The fraction of sp³-hybridized carbons (Fsp3) is 0.333. The molecule has 0 radical (unpaired) electrons. The third-order valence-corrected chi connectivity index (χ3v) is 4.37. The molecule has 0 aromatic heterocycles. The van der Waals surface area contributed by atoms with E-state index in [1.807, 2.05) is 0 Å². The van der Waals surface area contributed by atoms with Crippen molar-refractivity contribution in [3.63, 3.8) is 0 Å². The van der Waals surface area contributed by atoms with Crippen LogP contribution in [0.15, 0.2) is 46.9 Å². The number of anilines is 1. The molecule has 0 fully saturated rings. The molecule has 0 heterocycles. The van der Waals surface area contributed by atoms with Crippen molar-refractivity contribution >= 4 is 21.6 Å². The summed E-state index contributed by atoms with van der Waals surface area (Å²) in [6, 6.07) is 15.1. The van der Waals surface area contributed by atoms with Crippen LogP contribution in [0.5, 0.6) is 0 Å². The maximum absolute atomic E-state index is 3.70. The van der Waals surface area contributed by atoms with Crippen LogP contribution in [0, 0.1) is 6.92 Å². The minimum atomic E-state index is 0.896. The first-order chi connectivity index (χ1) is 10.1. The lowest BCUT2D eigenvalue weighted by Crippen LogP contribution is -2.18. The third kappa shape index (κ3) is 4.32. The van der Waals surface area contributed by atoms with E-state index in [1.165, 1.54) is 26.9 Å². The van der Waals surface area contributed by atoms with E-state index < -0.39 is 0 Å². The molecule has 1 N–H and O–H groups in total. The van der Waals surface area contributed by atoms with E-state index in [2.05, 4.69) is 89.5 Å². The summed E-state index contributed by atoms with van der Waals surface area (Å²) in [4.78, 5) is 2.29. The van der Waals surface area contributed by atoms with Crippen LogP contribution in [-0.2, 0) is 13.1 Å². The number of halogens is 1. The first-order valence-electron chi connectivity index (χ1n) is 7.36. The van der Waals surface area contributed by atoms with Gasteiger partial charge in [-0.15, -0.1) is 0 Å². The monoisotopic (exact) mass is 346 g/mol. The Kier molecular flexibility index (Phi) is 5.83. The van der Waals surface area contributed by atoms with Crippen molar-refractivity contribution in [2.45, 2.75) is 26.9 Å². The summed E-state index contributed by atoms with van der Waals surface area (Å²) >= 11 is 3.70. The summed E-state index contributed by atoms with van der Waals surface area (Å²) in [5.74, 6) is 0. The predicted octanol–water partition coefficient (Wildman–Crippen LogP) is 4.50. The summed E-state index contributed by atoms with van der Waals surface area (Å²) in [6.45, 7) is 7.09. The molecule has 0 bridgehead atoms. The van der Waals surface area contributed by atoms with Crippen molar-refractivity contribution < 1.29 is 0 Å². The SMILES string of the molecule is CCNCc1ccc(CN(C)c2ccccc2C)c(Br)c1. The number of rotatable bonds is 6. The largest absolute Gasteiger partial charge is 0.370 e. The van der Waals surface area contributed by atoms with Gasteiger partial charge in [-0.25, -0.2) is 0 Å². The molecule has 3 heteroatoms. The molecule has 2 rings (SSSR count). The molecular weight excluding hydrogens is 324 g/mol. The Bertz CT molecular complexity index is 596. The fourth-order valence-electron chi connectivity index (χ4n) is 2.43. The second-order valence-corrected chi connectivity index (χ2v) is 6.20. The summed E-state index contributed by atoms with van der Waals surface area (Å²) in [5.41, 5.74) is 5.20. The zero-order valence-electron chi connectivity index (χ0n) is 13.0. The summed E-state index contributed by atoms with van der Waals surface area (Å²) < 4.78 is 1.18. The van der Waals surface area contributed by atoms with Crippen molar-refractivity contribution in [2.24, 2.45) is 0 Å². The van der Waals surface area contributed by atoms with Crippen LogP contribution in [0.4, 0.5) is 5.69 Å². The molecule has 0 saturated heterocycles. The second kappa shape index (κ2) is 7.62. The first-order valence-corrected chi connectivity index (χ1v) is 8.16. The van der Waals surface area contributed by atoms with Gasteiger partial charge in [0.05, 0.1) is 0 Å². The highest BCUT2D eigenvalue weighted by Crippen LogP contribution is 2.24. The van der Waals surface area contributed by atoms with E-state index in [0.717, 1.165) is 19.6 Å². The molecule has 2 nitrogen and oxygen atoms in total. The number of nitrogens with one attached hydrogen (secondary N) is 1. The van der Waals surface area contributed by atoms with E-state index >= 15 is 0 Å². The van der Waals surface area contributed by atoms with Gasteiger partial charge >= 0.3 is 0 Å².